The Morgan fingerprint density at radius 3 is 2.78 bits per heavy atom. The summed E-state index contributed by atoms with van der Waals surface area (Å²) in [6.45, 7) is 14.7. The van der Waals surface area contributed by atoms with E-state index < -0.39 is 0 Å². The van der Waals surface area contributed by atoms with Crippen molar-refractivity contribution in [2.75, 3.05) is 0 Å². The third kappa shape index (κ3) is 3.18. The first-order chi connectivity index (χ1) is 8.48. The van der Waals surface area contributed by atoms with E-state index in [1.54, 1.807) is 0 Å². The summed E-state index contributed by atoms with van der Waals surface area (Å²) in [6, 6.07) is 0. The van der Waals surface area contributed by atoms with Gasteiger partial charge in [0, 0.05) is 0 Å². The Morgan fingerprint density at radius 1 is 1.50 bits per heavy atom. The molecular formula is C18H28. The van der Waals surface area contributed by atoms with Gasteiger partial charge in [0.2, 0.25) is 0 Å². The highest BCUT2D eigenvalue weighted by molar-refractivity contribution is 5.26. The smallest absolute Gasteiger partial charge is 0.00525 e. The molecule has 0 aliphatic heterocycles. The minimum atomic E-state index is 0.317. The summed E-state index contributed by atoms with van der Waals surface area (Å²) in [5.41, 5.74) is 4.92. The molecule has 18 heavy (non-hydrogen) atoms. The molecule has 4 unspecified atom stereocenters. The van der Waals surface area contributed by atoms with E-state index in [9.17, 15) is 0 Å². The topological polar surface area (TPSA) is 0 Å². The fraction of sp³-hybridized carbons (Fsp3) is 0.722. The van der Waals surface area contributed by atoms with Crippen LogP contribution in [0.25, 0.3) is 0 Å². The van der Waals surface area contributed by atoms with Crippen LogP contribution in [0, 0.1) is 29.1 Å². The van der Waals surface area contributed by atoms with Gasteiger partial charge in [-0.2, -0.15) is 0 Å². The summed E-state index contributed by atoms with van der Waals surface area (Å²) in [7, 11) is 0. The first kappa shape index (κ1) is 13.7. The lowest BCUT2D eigenvalue weighted by Crippen LogP contribution is -2.08. The standard InChI is InChI=1S/C18H28/c1-6-14-11-16(14)17-12-15(17)13(3)9-8-10-18(4,5)7-2/h7,13,15-17H,1-2,8-12H2,3-5H3. The van der Waals surface area contributed by atoms with E-state index in [0.29, 0.717) is 5.41 Å². The third-order valence-electron chi connectivity index (χ3n) is 5.13. The maximum atomic E-state index is 3.92. The van der Waals surface area contributed by atoms with Crippen LogP contribution in [0.1, 0.15) is 52.9 Å². The van der Waals surface area contributed by atoms with Gasteiger partial charge in [-0.05, 0) is 53.9 Å². The van der Waals surface area contributed by atoms with Crippen LogP contribution < -0.4 is 0 Å². The minimum absolute atomic E-state index is 0.317. The van der Waals surface area contributed by atoms with E-state index in [1.165, 1.54) is 37.7 Å². The Morgan fingerprint density at radius 2 is 2.22 bits per heavy atom. The Balaban J connectivity index is 1.67. The lowest BCUT2D eigenvalue weighted by atomic mass is 9.85. The van der Waals surface area contributed by atoms with Crippen LogP contribution in [0.5, 0.6) is 0 Å². The van der Waals surface area contributed by atoms with Crippen molar-refractivity contribution in [1.29, 1.82) is 0 Å². The second-order valence-electron chi connectivity index (χ2n) is 7.14. The maximum absolute atomic E-state index is 3.92. The fourth-order valence-electron chi connectivity index (χ4n) is 3.34. The molecule has 100 valence electrons. The van der Waals surface area contributed by atoms with E-state index in [-0.39, 0.29) is 0 Å². The highest BCUT2D eigenvalue weighted by Crippen LogP contribution is 2.60. The predicted molar refractivity (Wildman–Crippen MR) is 79.4 cm³/mol. The molecule has 0 radical (unpaired) electrons. The van der Waals surface area contributed by atoms with E-state index in [4.69, 9.17) is 0 Å². The van der Waals surface area contributed by atoms with Crippen molar-refractivity contribution in [2.45, 2.75) is 52.9 Å². The van der Waals surface area contributed by atoms with Gasteiger partial charge in [0.05, 0.1) is 0 Å². The average Bonchev–Trinajstić information content (AvgIpc) is 3.19. The van der Waals surface area contributed by atoms with Crippen molar-refractivity contribution < 1.29 is 0 Å². The molecule has 0 aromatic heterocycles. The summed E-state index contributed by atoms with van der Waals surface area (Å²) in [6.07, 6.45) is 8.86. The van der Waals surface area contributed by atoms with Gasteiger partial charge in [-0.25, -0.2) is 0 Å². The molecule has 0 amide bonds. The minimum Gasteiger partial charge on any atom is -0.129 e. The van der Waals surface area contributed by atoms with Crippen LogP contribution in [0.3, 0.4) is 0 Å². The van der Waals surface area contributed by atoms with E-state index in [2.05, 4.69) is 45.7 Å². The monoisotopic (exact) mass is 244 g/mol. The molecular weight excluding hydrogens is 216 g/mol. The van der Waals surface area contributed by atoms with Gasteiger partial charge in [-0.1, -0.05) is 46.3 Å². The normalized spacial score (nSPS) is 31.7. The summed E-state index contributed by atoms with van der Waals surface area (Å²) in [5, 5.41) is 0. The second kappa shape index (κ2) is 5.10. The maximum Gasteiger partial charge on any atom is -0.00525 e. The van der Waals surface area contributed by atoms with Crippen LogP contribution in [0.4, 0.5) is 0 Å². The number of hydrogen-bond donors (Lipinski definition) is 0. The molecule has 2 saturated carbocycles. The van der Waals surface area contributed by atoms with Gasteiger partial charge in [0.15, 0.2) is 0 Å². The van der Waals surface area contributed by atoms with E-state index in [1.807, 2.05) is 0 Å². The molecule has 2 aliphatic rings. The molecule has 0 heteroatoms. The zero-order valence-corrected chi connectivity index (χ0v) is 12.3. The number of hydrogen-bond acceptors (Lipinski definition) is 0. The van der Waals surface area contributed by atoms with Gasteiger partial charge in [-0.15, -0.1) is 12.3 Å². The van der Waals surface area contributed by atoms with Crippen LogP contribution in [0.2, 0.25) is 0 Å². The summed E-state index contributed by atoms with van der Waals surface area (Å²) >= 11 is 0. The number of allylic oxidation sites excluding steroid dienone is 2. The van der Waals surface area contributed by atoms with Crippen molar-refractivity contribution in [2.24, 2.45) is 29.1 Å². The lowest BCUT2D eigenvalue weighted by molar-refractivity contribution is 0.359. The zero-order chi connectivity index (χ0) is 13.3. The average molecular weight is 244 g/mol. The molecule has 2 fully saturated rings. The van der Waals surface area contributed by atoms with Gasteiger partial charge in [-0.3, -0.25) is 0 Å². The van der Waals surface area contributed by atoms with Crippen LogP contribution in [-0.2, 0) is 0 Å². The summed E-state index contributed by atoms with van der Waals surface area (Å²) in [4.78, 5) is 0. The molecule has 2 aliphatic carbocycles. The van der Waals surface area contributed by atoms with Crippen molar-refractivity contribution >= 4 is 0 Å². The van der Waals surface area contributed by atoms with E-state index in [0.717, 1.165) is 23.7 Å². The highest BCUT2D eigenvalue weighted by Gasteiger charge is 2.51. The molecule has 0 saturated heterocycles. The predicted octanol–water partition coefficient (Wildman–Crippen LogP) is 5.37. The van der Waals surface area contributed by atoms with Crippen molar-refractivity contribution in [1.82, 2.24) is 0 Å². The van der Waals surface area contributed by atoms with Crippen LogP contribution in [-0.4, -0.2) is 0 Å². The van der Waals surface area contributed by atoms with Crippen LogP contribution in [0.15, 0.2) is 30.5 Å². The van der Waals surface area contributed by atoms with Gasteiger partial charge >= 0.3 is 0 Å². The van der Waals surface area contributed by atoms with Crippen molar-refractivity contribution in [3.05, 3.63) is 30.5 Å². The van der Waals surface area contributed by atoms with Gasteiger partial charge in [0.25, 0.3) is 0 Å². The number of rotatable bonds is 7. The molecule has 0 aromatic rings. The quantitative estimate of drug-likeness (QED) is 0.417. The second-order valence-corrected chi connectivity index (χ2v) is 7.14. The first-order valence-corrected chi connectivity index (χ1v) is 7.51. The van der Waals surface area contributed by atoms with Crippen LogP contribution >= 0.6 is 0 Å². The highest BCUT2D eigenvalue weighted by atomic mass is 14.6. The Labute approximate surface area is 113 Å². The molecule has 0 bridgehead atoms. The molecule has 0 N–H and O–H groups in total. The molecule has 0 heterocycles. The lowest BCUT2D eigenvalue weighted by Gasteiger charge is -2.20. The Bertz CT molecular complexity index is 367. The third-order valence-corrected chi connectivity index (χ3v) is 5.13. The molecule has 0 nitrogen and oxygen atoms in total. The summed E-state index contributed by atoms with van der Waals surface area (Å²) < 4.78 is 0. The van der Waals surface area contributed by atoms with Gasteiger partial charge < -0.3 is 0 Å². The van der Waals surface area contributed by atoms with Gasteiger partial charge in [0.1, 0.15) is 0 Å². The zero-order valence-electron chi connectivity index (χ0n) is 12.3. The molecule has 4 atom stereocenters. The first-order valence-electron chi connectivity index (χ1n) is 7.51. The largest absolute Gasteiger partial charge is 0.129 e. The summed E-state index contributed by atoms with van der Waals surface area (Å²) in [5.74, 6) is 3.76. The van der Waals surface area contributed by atoms with Crippen molar-refractivity contribution in [3.8, 4) is 0 Å². The SMILES string of the molecule is C=C=C1CC1C1CC1C(C)CCCC(C)(C)C=C. The molecule has 2 rings (SSSR count). The molecule has 0 spiro atoms. The Kier molecular flexibility index (Phi) is 3.87. The molecule has 0 aromatic carbocycles. The fourth-order valence-corrected chi connectivity index (χ4v) is 3.34. The van der Waals surface area contributed by atoms with Crippen molar-refractivity contribution in [3.63, 3.8) is 0 Å². The van der Waals surface area contributed by atoms with E-state index >= 15 is 0 Å². The Hall–Kier alpha value is -0.740.